The molecule has 0 saturated carbocycles. The molecule has 9 heteroatoms. The number of nitrogens with zero attached hydrogens (tertiary/aromatic N) is 5. The molecule has 0 bridgehead atoms. The zero-order chi connectivity index (χ0) is 26.9. The van der Waals surface area contributed by atoms with Crippen LogP contribution >= 0.6 is 0 Å². The smallest absolute Gasteiger partial charge is 0.256 e. The van der Waals surface area contributed by atoms with Crippen molar-refractivity contribution in [2.45, 2.75) is 37.3 Å². The second-order valence-electron chi connectivity index (χ2n) is 10.8. The van der Waals surface area contributed by atoms with Gasteiger partial charge >= 0.3 is 0 Å². The number of carbonyl (C=O) groups is 3. The molecule has 3 aliphatic heterocycles. The number of halogens is 1. The first kappa shape index (κ1) is 26.2. The molecule has 0 aliphatic carbocycles. The number of para-hydroxylation sites is 1. The molecule has 0 radical (unpaired) electrons. The predicted octanol–water partition coefficient (Wildman–Crippen LogP) is 2.66. The first-order valence-corrected chi connectivity index (χ1v) is 13.4. The molecule has 3 heterocycles. The molecule has 1 spiro atoms. The molecule has 5 rings (SSSR count). The molecule has 3 saturated heterocycles. The van der Waals surface area contributed by atoms with Crippen LogP contribution in [0.4, 0.5) is 10.1 Å². The second kappa shape index (κ2) is 10.7. The number of anilines is 1. The third-order valence-electron chi connectivity index (χ3n) is 8.52. The Hall–Kier alpha value is -3.46. The molecule has 0 aromatic heterocycles. The van der Waals surface area contributed by atoms with E-state index in [1.54, 1.807) is 21.9 Å². The van der Waals surface area contributed by atoms with Gasteiger partial charge in [-0.25, -0.2) is 4.39 Å². The topological polar surface area (TPSA) is 67.4 Å². The minimum Gasteiger partial charge on any atom is -0.341 e. The Kier molecular flexibility index (Phi) is 7.38. The van der Waals surface area contributed by atoms with E-state index in [-0.39, 0.29) is 35.9 Å². The Morgan fingerprint density at radius 1 is 0.974 bits per heavy atom. The van der Waals surface area contributed by atoms with Crippen molar-refractivity contribution in [1.29, 1.82) is 0 Å². The number of likely N-dealkylation sites (N-methyl/N-ethyl adjacent to an activating group) is 1. The Bertz CT molecular complexity index is 1180. The summed E-state index contributed by atoms with van der Waals surface area (Å²) < 4.78 is 14.3. The summed E-state index contributed by atoms with van der Waals surface area (Å²) in [5, 5.41) is 0. The highest BCUT2D eigenvalue weighted by atomic mass is 19.1. The van der Waals surface area contributed by atoms with Crippen molar-refractivity contribution in [2.75, 3.05) is 58.4 Å². The third-order valence-corrected chi connectivity index (χ3v) is 8.52. The van der Waals surface area contributed by atoms with Gasteiger partial charge < -0.3 is 24.5 Å². The summed E-state index contributed by atoms with van der Waals surface area (Å²) in [6.45, 7) is 2.93. The van der Waals surface area contributed by atoms with Crippen molar-refractivity contribution < 1.29 is 18.8 Å². The van der Waals surface area contributed by atoms with Crippen molar-refractivity contribution >= 4 is 23.4 Å². The molecule has 2 aromatic carbocycles. The molecule has 0 atom stereocenters. The summed E-state index contributed by atoms with van der Waals surface area (Å²) in [4.78, 5) is 49.8. The second-order valence-corrected chi connectivity index (χ2v) is 10.8. The number of piperidine rings is 2. The van der Waals surface area contributed by atoms with E-state index >= 15 is 0 Å². The fraction of sp³-hybridized carbons (Fsp3) is 0.483. The van der Waals surface area contributed by atoms with Gasteiger partial charge in [0.05, 0.1) is 12.2 Å². The van der Waals surface area contributed by atoms with Crippen LogP contribution in [0.5, 0.6) is 0 Å². The Morgan fingerprint density at radius 3 is 2.26 bits per heavy atom. The number of rotatable bonds is 5. The van der Waals surface area contributed by atoms with Crippen molar-refractivity contribution in [2.24, 2.45) is 0 Å². The number of hydrogen-bond donors (Lipinski definition) is 0. The molecular weight excluding hydrogens is 485 g/mol. The van der Waals surface area contributed by atoms with E-state index in [0.29, 0.717) is 32.6 Å². The van der Waals surface area contributed by atoms with Crippen molar-refractivity contribution in [3.05, 3.63) is 66.0 Å². The lowest BCUT2D eigenvalue weighted by molar-refractivity contribution is -0.141. The predicted molar refractivity (Wildman–Crippen MR) is 143 cm³/mol. The fourth-order valence-electron chi connectivity index (χ4n) is 6.07. The molecule has 3 fully saturated rings. The molecule has 3 aliphatic rings. The summed E-state index contributed by atoms with van der Waals surface area (Å²) in [6, 6.07) is 15.9. The first-order valence-electron chi connectivity index (χ1n) is 13.4. The van der Waals surface area contributed by atoms with E-state index in [0.717, 1.165) is 31.6 Å². The highest BCUT2D eigenvalue weighted by Gasteiger charge is 2.54. The van der Waals surface area contributed by atoms with Crippen LogP contribution in [0, 0.1) is 5.82 Å². The van der Waals surface area contributed by atoms with Crippen LogP contribution in [-0.4, -0.2) is 102 Å². The Morgan fingerprint density at radius 2 is 1.61 bits per heavy atom. The van der Waals surface area contributed by atoms with Gasteiger partial charge in [-0.2, -0.15) is 0 Å². The minimum absolute atomic E-state index is 0.0324. The number of likely N-dealkylation sites (tertiary alicyclic amines) is 2. The maximum Gasteiger partial charge on any atom is 0.256 e. The summed E-state index contributed by atoms with van der Waals surface area (Å²) in [7, 11) is 3.93. The van der Waals surface area contributed by atoms with Crippen LogP contribution in [0.3, 0.4) is 0 Å². The number of hydrogen-bond acceptors (Lipinski definition) is 5. The van der Waals surface area contributed by atoms with E-state index in [1.165, 1.54) is 12.1 Å². The molecule has 2 aromatic rings. The van der Waals surface area contributed by atoms with Crippen LogP contribution in [-0.2, 0) is 9.59 Å². The summed E-state index contributed by atoms with van der Waals surface area (Å²) in [6.07, 6.45) is 2.68. The van der Waals surface area contributed by atoms with Crippen LogP contribution in [0.25, 0.3) is 0 Å². The monoisotopic (exact) mass is 521 g/mol. The average Bonchev–Trinajstić information content (AvgIpc) is 3.20. The normalized spacial score (nSPS) is 20.3. The minimum atomic E-state index is -0.847. The quantitative estimate of drug-likeness (QED) is 0.605. The lowest BCUT2D eigenvalue weighted by Gasteiger charge is -2.43. The molecule has 3 amide bonds. The molecule has 8 nitrogen and oxygen atoms in total. The van der Waals surface area contributed by atoms with E-state index in [1.807, 2.05) is 42.3 Å². The highest BCUT2D eigenvalue weighted by molar-refractivity contribution is 5.97. The van der Waals surface area contributed by atoms with Gasteiger partial charge in [-0.15, -0.1) is 0 Å². The lowest BCUT2D eigenvalue weighted by Crippen LogP contribution is -2.57. The maximum atomic E-state index is 14.3. The SMILES string of the molecule is CN1CCC(N(C)C(=O)CN2CN(c3ccccc3)C3(CCN(C(=O)c4ccccc4F)CC3)C2=O)CC1. The lowest BCUT2D eigenvalue weighted by atomic mass is 9.85. The van der Waals surface area contributed by atoms with Gasteiger partial charge in [-0.05, 0) is 70.1 Å². The van der Waals surface area contributed by atoms with Gasteiger partial charge in [0.25, 0.3) is 11.8 Å². The fourth-order valence-corrected chi connectivity index (χ4v) is 6.07. The molecule has 202 valence electrons. The van der Waals surface area contributed by atoms with Gasteiger partial charge in [-0.3, -0.25) is 14.4 Å². The van der Waals surface area contributed by atoms with Gasteiger partial charge in [0.1, 0.15) is 17.9 Å². The average molecular weight is 522 g/mol. The Balaban J connectivity index is 1.32. The Labute approximate surface area is 223 Å². The first-order chi connectivity index (χ1) is 18.3. The number of benzene rings is 2. The molecule has 38 heavy (non-hydrogen) atoms. The van der Waals surface area contributed by atoms with E-state index in [2.05, 4.69) is 16.8 Å². The van der Waals surface area contributed by atoms with Gasteiger partial charge in [-0.1, -0.05) is 30.3 Å². The number of carbonyl (C=O) groups excluding carboxylic acids is 3. The van der Waals surface area contributed by atoms with E-state index < -0.39 is 11.4 Å². The van der Waals surface area contributed by atoms with Crippen LogP contribution < -0.4 is 4.90 Å². The van der Waals surface area contributed by atoms with Crippen LogP contribution in [0.2, 0.25) is 0 Å². The van der Waals surface area contributed by atoms with Gasteiger partial charge in [0.15, 0.2) is 0 Å². The van der Waals surface area contributed by atoms with Crippen LogP contribution in [0.15, 0.2) is 54.6 Å². The number of amides is 3. The molecule has 0 N–H and O–H groups in total. The van der Waals surface area contributed by atoms with Crippen molar-refractivity contribution in [3.63, 3.8) is 0 Å². The molecular formula is C29H36FN5O3. The molecule has 0 unspecified atom stereocenters. The third kappa shape index (κ3) is 4.87. The zero-order valence-corrected chi connectivity index (χ0v) is 22.2. The summed E-state index contributed by atoms with van der Waals surface area (Å²) >= 11 is 0. The van der Waals surface area contributed by atoms with Gasteiger partial charge in [0.2, 0.25) is 5.91 Å². The standard InChI is InChI=1S/C29H36FN5O3/c1-31-16-12-22(13-17-31)32(2)26(36)20-34-21-35(23-8-4-3-5-9-23)29(28(34)38)14-18-33(19-15-29)27(37)24-10-6-7-11-25(24)30/h3-11,22H,12-21H2,1-2H3. The van der Waals surface area contributed by atoms with Gasteiger partial charge in [0, 0.05) is 31.9 Å². The van der Waals surface area contributed by atoms with Crippen molar-refractivity contribution in [3.8, 4) is 0 Å². The maximum absolute atomic E-state index is 14.3. The largest absolute Gasteiger partial charge is 0.341 e. The summed E-state index contributed by atoms with van der Waals surface area (Å²) in [5.41, 5.74) is 0.110. The van der Waals surface area contributed by atoms with E-state index in [4.69, 9.17) is 0 Å². The summed E-state index contributed by atoms with van der Waals surface area (Å²) in [5.74, 6) is -1.03. The van der Waals surface area contributed by atoms with Crippen LogP contribution in [0.1, 0.15) is 36.0 Å². The van der Waals surface area contributed by atoms with Crippen molar-refractivity contribution in [1.82, 2.24) is 19.6 Å². The highest BCUT2D eigenvalue weighted by Crippen LogP contribution is 2.39. The zero-order valence-electron chi connectivity index (χ0n) is 22.2. The van der Waals surface area contributed by atoms with E-state index in [9.17, 15) is 18.8 Å².